The first kappa shape index (κ1) is 10.6. The van der Waals surface area contributed by atoms with Crippen molar-refractivity contribution >= 4 is 11.7 Å². The van der Waals surface area contributed by atoms with Crippen LogP contribution in [0.15, 0.2) is 24.3 Å². The van der Waals surface area contributed by atoms with Crippen molar-refractivity contribution in [3.63, 3.8) is 0 Å². The van der Waals surface area contributed by atoms with Gasteiger partial charge in [-0.25, -0.2) is 0 Å². The van der Waals surface area contributed by atoms with E-state index in [1.165, 1.54) is 0 Å². The number of rotatable bonds is 4. The van der Waals surface area contributed by atoms with E-state index in [0.29, 0.717) is 6.42 Å². The van der Waals surface area contributed by atoms with E-state index in [4.69, 9.17) is 10.8 Å². The molecule has 3 nitrogen and oxygen atoms in total. The monoisotopic (exact) mass is 193 g/mol. The van der Waals surface area contributed by atoms with E-state index in [9.17, 15) is 4.79 Å². The van der Waals surface area contributed by atoms with E-state index in [1.807, 2.05) is 24.3 Å². The van der Waals surface area contributed by atoms with Gasteiger partial charge >= 0.3 is 5.97 Å². The van der Waals surface area contributed by atoms with Gasteiger partial charge in [0.2, 0.25) is 0 Å². The zero-order valence-electron chi connectivity index (χ0n) is 8.23. The molecule has 1 unspecified atom stereocenters. The number of aryl methyl sites for hydroxylation is 1. The molecule has 76 valence electrons. The van der Waals surface area contributed by atoms with Crippen LogP contribution in [0.5, 0.6) is 0 Å². The lowest BCUT2D eigenvalue weighted by atomic mass is 10.0. The molecule has 0 aliphatic carbocycles. The minimum Gasteiger partial charge on any atom is -0.481 e. The summed E-state index contributed by atoms with van der Waals surface area (Å²) in [4.78, 5) is 10.6. The predicted octanol–water partition coefficient (Wildman–Crippen LogP) is 1.92. The second kappa shape index (κ2) is 4.65. The van der Waals surface area contributed by atoms with Crippen LogP contribution in [0.1, 0.15) is 18.9 Å². The van der Waals surface area contributed by atoms with E-state index in [0.717, 1.165) is 17.7 Å². The van der Waals surface area contributed by atoms with Crippen molar-refractivity contribution in [2.24, 2.45) is 5.92 Å². The molecule has 0 amide bonds. The smallest absolute Gasteiger partial charge is 0.306 e. The molecule has 0 aromatic heterocycles. The Morgan fingerprint density at radius 2 is 2.29 bits per heavy atom. The van der Waals surface area contributed by atoms with Crippen LogP contribution in [0.2, 0.25) is 0 Å². The minimum absolute atomic E-state index is 0.295. The summed E-state index contributed by atoms with van der Waals surface area (Å²) in [6, 6.07) is 7.56. The average Bonchev–Trinajstić information content (AvgIpc) is 2.14. The number of carbonyl (C=O) groups is 1. The van der Waals surface area contributed by atoms with E-state index in [2.05, 4.69) is 0 Å². The normalized spacial score (nSPS) is 12.4. The van der Waals surface area contributed by atoms with Crippen molar-refractivity contribution in [1.82, 2.24) is 0 Å². The second-order valence-corrected chi connectivity index (χ2v) is 3.52. The van der Waals surface area contributed by atoms with E-state index in [1.54, 1.807) is 6.92 Å². The summed E-state index contributed by atoms with van der Waals surface area (Å²) >= 11 is 0. The lowest BCUT2D eigenvalue weighted by Crippen LogP contribution is -2.10. The molecular formula is C11H15NO2. The van der Waals surface area contributed by atoms with Crippen LogP contribution in [0, 0.1) is 5.92 Å². The van der Waals surface area contributed by atoms with Crippen molar-refractivity contribution in [2.75, 3.05) is 5.73 Å². The Balaban J connectivity index is 2.49. The summed E-state index contributed by atoms with van der Waals surface area (Å²) in [7, 11) is 0. The van der Waals surface area contributed by atoms with Gasteiger partial charge in [-0.05, 0) is 30.5 Å². The quantitative estimate of drug-likeness (QED) is 0.718. The van der Waals surface area contributed by atoms with Gasteiger partial charge in [-0.1, -0.05) is 19.1 Å². The lowest BCUT2D eigenvalue weighted by Gasteiger charge is -2.06. The topological polar surface area (TPSA) is 63.3 Å². The molecule has 0 bridgehead atoms. The fourth-order valence-electron chi connectivity index (χ4n) is 1.26. The molecule has 1 aromatic carbocycles. The maximum atomic E-state index is 10.6. The third kappa shape index (κ3) is 3.09. The number of aliphatic carboxylic acids is 1. The SMILES string of the molecule is CC(CCc1cccc(N)c1)C(=O)O. The highest BCUT2D eigenvalue weighted by Gasteiger charge is 2.10. The van der Waals surface area contributed by atoms with Gasteiger partial charge in [0.25, 0.3) is 0 Å². The van der Waals surface area contributed by atoms with Gasteiger partial charge in [0.05, 0.1) is 5.92 Å². The van der Waals surface area contributed by atoms with Crippen molar-refractivity contribution < 1.29 is 9.90 Å². The van der Waals surface area contributed by atoms with Gasteiger partial charge in [-0.15, -0.1) is 0 Å². The van der Waals surface area contributed by atoms with Crippen LogP contribution < -0.4 is 5.73 Å². The van der Waals surface area contributed by atoms with Crippen LogP contribution in [0.3, 0.4) is 0 Å². The molecule has 0 aliphatic heterocycles. The third-order valence-corrected chi connectivity index (χ3v) is 2.24. The van der Waals surface area contributed by atoms with Crippen molar-refractivity contribution in [1.29, 1.82) is 0 Å². The number of nitrogen functional groups attached to an aromatic ring is 1. The van der Waals surface area contributed by atoms with Crippen LogP contribution in [0.4, 0.5) is 5.69 Å². The van der Waals surface area contributed by atoms with Gasteiger partial charge in [0.1, 0.15) is 0 Å². The molecule has 3 heteroatoms. The Labute approximate surface area is 83.6 Å². The van der Waals surface area contributed by atoms with Crippen molar-refractivity contribution in [3.8, 4) is 0 Å². The third-order valence-electron chi connectivity index (χ3n) is 2.24. The summed E-state index contributed by atoms with van der Waals surface area (Å²) in [5.41, 5.74) is 7.43. The Hall–Kier alpha value is -1.51. The average molecular weight is 193 g/mol. The number of carboxylic acid groups (broad SMARTS) is 1. The van der Waals surface area contributed by atoms with E-state index >= 15 is 0 Å². The zero-order chi connectivity index (χ0) is 10.6. The van der Waals surface area contributed by atoms with Crippen LogP contribution in [0.25, 0.3) is 0 Å². The maximum absolute atomic E-state index is 10.6. The summed E-state index contributed by atoms with van der Waals surface area (Å²) in [5, 5.41) is 8.69. The van der Waals surface area contributed by atoms with Gasteiger partial charge in [0, 0.05) is 5.69 Å². The number of hydrogen-bond acceptors (Lipinski definition) is 2. The molecule has 0 aliphatic rings. The summed E-state index contributed by atoms with van der Waals surface area (Å²) in [6.45, 7) is 1.72. The highest BCUT2D eigenvalue weighted by Crippen LogP contribution is 2.12. The van der Waals surface area contributed by atoms with Crippen molar-refractivity contribution in [2.45, 2.75) is 19.8 Å². The first-order valence-corrected chi connectivity index (χ1v) is 4.67. The molecule has 1 aromatic rings. The predicted molar refractivity (Wildman–Crippen MR) is 56.0 cm³/mol. The number of anilines is 1. The molecule has 3 N–H and O–H groups in total. The Morgan fingerprint density at radius 1 is 1.57 bits per heavy atom. The fraction of sp³-hybridized carbons (Fsp3) is 0.364. The van der Waals surface area contributed by atoms with Crippen LogP contribution in [-0.2, 0) is 11.2 Å². The molecular weight excluding hydrogens is 178 g/mol. The largest absolute Gasteiger partial charge is 0.481 e. The molecule has 14 heavy (non-hydrogen) atoms. The van der Waals surface area contributed by atoms with Gasteiger partial charge < -0.3 is 10.8 Å². The lowest BCUT2D eigenvalue weighted by molar-refractivity contribution is -0.141. The fourth-order valence-corrected chi connectivity index (χ4v) is 1.26. The summed E-state index contributed by atoms with van der Waals surface area (Å²) in [6.07, 6.45) is 1.41. The first-order chi connectivity index (χ1) is 6.59. The Morgan fingerprint density at radius 3 is 2.86 bits per heavy atom. The van der Waals surface area contributed by atoms with E-state index < -0.39 is 5.97 Å². The Kier molecular flexibility index (Phi) is 3.51. The van der Waals surface area contributed by atoms with Crippen LogP contribution >= 0.6 is 0 Å². The zero-order valence-corrected chi connectivity index (χ0v) is 8.23. The molecule has 0 radical (unpaired) electrons. The minimum atomic E-state index is -0.742. The highest BCUT2D eigenvalue weighted by atomic mass is 16.4. The summed E-state index contributed by atoms with van der Waals surface area (Å²) < 4.78 is 0. The molecule has 0 fully saturated rings. The van der Waals surface area contributed by atoms with Gasteiger partial charge in [-0.2, -0.15) is 0 Å². The maximum Gasteiger partial charge on any atom is 0.306 e. The molecule has 1 rings (SSSR count). The number of hydrogen-bond donors (Lipinski definition) is 2. The molecule has 1 atom stereocenters. The molecule has 0 saturated heterocycles. The standard InChI is InChI=1S/C11H15NO2/c1-8(11(13)14)5-6-9-3-2-4-10(12)7-9/h2-4,7-8H,5-6,12H2,1H3,(H,13,14). The van der Waals surface area contributed by atoms with Crippen LogP contribution in [-0.4, -0.2) is 11.1 Å². The molecule has 0 spiro atoms. The van der Waals surface area contributed by atoms with Gasteiger partial charge in [0.15, 0.2) is 0 Å². The molecule has 0 saturated carbocycles. The van der Waals surface area contributed by atoms with Gasteiger partial charge in [-0.3, -0.25) is 4.79 Å². The number of carboxylic acids is 1. The summed E-state index contributed by atoms with van der Waals surface area (Å²) in [5.74, 6) is -1.04. The number of benzene rings is 1. The first-order valence-electron chi connectivity index (χ1n) is 4.67. The second-order valence-electron chi connectivity index (χ2n) is 3.52. The molecule has 0 heterocycles. The van der Waals surface area contributed by atoms with Crippen molar-refractivity contribution in [3.05, 3.63) is 29.8 Å². The highest BCUT2D eigenvalue weighted by molar-refractivity contribution is 5.69. The Bertz CT molecular complexity index is 323. The van der Waals surface area contributed by atoms with E-state index in [-0.39, 0.29) is 5.92 Å². The number of nitrogens with two attached hydrogens (primary N) is 1.